The molecule has 0 fully saturated rings. The van der Waals surface area contributed by atoms with Crippen LogP contribution in [0.5, 0.6) is 0 Å². The third-order valence-corrected chi connectivity index (χ3v) is 3.77. The number of benzene rings is 1. The normalized spacial score (nSPS) is 14.7. The first-order chi connectivity index (χ1) is 9.10. The molecule has 1 unspecified atom stereocenters. The van der Waals surface area contributed by atoms with Crippen LogP contribution in [0.2, 0.25) is 0 Å². The zero-order valence-electron chi connectivity index (χ0n) is 11.2. The monoisotopic (exact) mass is 278 g/mol. The highest BCUT2D eigenvalue weighted by Crippen LogP contribution is 2.24. The minimum absolute atomic E-state index is 0.0131. The van der Waals surface area contributed by atoms with Gasteiger partial charge >= 0.3 is 0 Å². The second-order valence-corrected chi connectivity index (χ2v) is 5.74. The minimum atomic E-state index is -0.0856. The molecule has 1 aliphatic rings. The summed E-state index contributed by atoms with van der Waals surface area (Å²) in [6.45, 7) is 2.00. The van der Waals surface area contributed by atoms with Gasteiger partial charge in [-0.1, -0.05) is 6.07 Å². The Morgan fingerprint density at radius 2 is 2.32 bits per heavy atom. The van der Waals surface area contributed by atoms with Gasteiger partial charge in [0.25, 0.3) is 5.91 Å². The van der Waals surface area contributed by atoms with Crippen molar-refractivity contribution in [1.82, 2.24) is 5.32 Å². The van der Waals surface area contributed by atoms with Crippen LogP contribution in [0, 0.1) is 0 Å². The summed E-state index contributed by atoms with van der Waals surface area (Å²) in [5, 5.41) is 5.73. The Kier molecular flexibility index (Phi) is 4.47. The predicted molar refractivity (Wildman–Crippen MR) is 78.7 cm³/mol. The average Bonchev–Trinajstić information content (AvgIpc) is 2.75. The van der Waals surface area contributed by atoms with Crippen molar-refractivity contribution in [1.29, 1.82) is 0 Å². The summed E-state index contributed by atoms with van der Waals surface area (Å²) >= 11 is 1.77. The fraction of sp³-hybridized carbons (Fsp3) is 0.429. The van der Waals surface area contributed by atoms with Gasteiger partial charge in [0.15, 0.2) is 0 Å². The van der Waals surface area contributed by atoms with E-state index in [9.17, 15) is 9.59 Å². The molecule has 19 heavy (non-hydrogen) atoms. The topological polar surface area (TPSA) is 58.2 Å². The van der Waals surface area contributed by atoms with Gasteiger partial charge in [-0.25, -0.2) is 0 Å². The van der Waals surface area contributed by atoms with Gasteiger partial charge in [-0.2, -0.15) is 11.8 Å². The molecule has 1 aromatic carbocycles. The molecule has 1 heterocycles. The number of nitrogens with one attached hydrogen (secondary N) is 2. The van der Waals surface area contributed by atoms with Crippen molar-refractivity contribution in [2.45, 2.75) is 25.8 Å². The Bertz CT molecular complexity index is 502. The lowest BCUT2D eigenvalue weighted by atomic mass is 10.1. The maximum atomic E-state index is 12.1. The van der Waals surface area contributed by atoms with Crippen LogP contribution in [-0.2, 0) is 11.2 Å². The third-order valence-electron chi connectivity index (χ3n) is 3.13. The lowest BCUT2D eigenvalue weighted by Crippen LogP contribution is -2.32. The van der Waals surface area contributed by atoms with E-state index >= 15 is 0 Å². The summed E-state index contributed by atoms with van der Waals surface area (Å²) in [5.41, 5.74) is 2.31. The first-order valence-electron chi connectivity index (χ1n) is 6.32. The summed E-state index contributed by atoms with van der Waals surface area (Å²) in [6.07, 6.45) is 3.41. The van der Waals surface area contributed by atoms with E-state index in [0.717, 1.165) is 23.4 Å². The van der Waals surface area contributed by atoms with Gasteiger partial charge in [-0.3, -0.25) is 9.59 Å². The van der Waals surface area contributed by atoms with Crippen molar-refractivity contribution in [3.05, 3.63) is 29.3 Å². The number of anilines is 1. The molecule has 0 aromatic heterocycles. The quantitative estimate of drug-likeness (QED) is 0.866. The van der Waals surface area contributed by atoms with E-state index in [2.05, 4.69) is 16.9 Å². The van der Waals surface area contributed by atoms with E-state index in [4.69, 9.17) is 0 Å². The van der Waals surface area contributed by atoms with Gasteiger partial charge in [0.2, 0.25) is 5.91 Å². The molecular weight excluding hydrogens is 260 g/mol. The van der Waals surface area contributed by atoms with Crippen molar-refractivity contribution >= 4 is 29.3 Å². The molecule has 102 valence electrons. The van der Waals surface area contributed by atoms with Gasteiger partial charge in [0.05, 0.1) is 6.42 Å². The molecule has 0 saturated carbocycles. The number of hydrogen-bond acceptors (Lipinski definition) is 3. The maximum absolute atomic E-state index is 12.1. The minimum Gasteiger partial charge on any atom is -0.350 e. The Labute approximate surface area is 117 Å². The SMILES string of the molecule is CSCCC(C)NC(=O)c1ccc2c(c1)NC(=O)C2. The molecule has 1 atom stereocenters. The molecule has 1 aromatic rings. The van der Waals surface area contributed by atoms with Crippen molar-refractivity contribution in [3.63, 3.8) is 0 Å². The molecule has 0 spiro atoms. The highest BCUT2D eigenvalue weighted by atomic mass is 32.2. The number of carbonyl (C=O) groups excluding carboxylic acids is 2. The second-order valence-electron chi connectivity index (χ2n) is 4.75. The van der Waals surface area contributed by atoms with E-state index < -0.39 is 0 Å². The molecule has 5 heteroatoms. The summed E-state index contributed by atoms with van der Waals surface area (Å²) in [5.74, 6) is 0.931. The second kappa shape index (κ2) is 6.10. The Balaban J connectivity index is 2.00. The van der Waals surface area contributed by atoms with Crippen LogP contribution in [-0.4, -0.2) is 29.9 Å². The van der Waals surface area contributed by atoms with Crippen LogP contribution in [0.1, 0.15) is 29.3 Å². The van der Waals surface area contributed by atoms with Gasteiger partial charge in [0.1, 0.15) is 0 Å². The Morgan fingerprint density at radius 1 is 1.53 bits per heavy atom. The standard InChI is InChI=1S/C14H18N2O2S/c1-9(5-6-19-2)15-14(18)11-4-3-10-8-13(17)16-12(10)7-11/h3-4,7,9H,5-6,8H2,1-2H3,(H,15,18)(H,16,17). The van der Waals surface area contributed by atoms with Gasteiger partial charge in [-0.05, 0) is 43.0 Å². The molecule has 2 rings (SSSR count). The summed E-state index contributed by atoms with van der Waals surface area (Å²) in [4.78, 5) is 23.3. The summed E-state index contributed by atoms with van der Waals surface area (Å²) in [7, 11) is 0. The zero-order chi connectivity index (χ0) is 13.8. The fourth-order valence-electron chi connectivity index (χ4n) is 2.03. The zero-order valence-corrected chi connectivity index (χ0v) is 12.0. The number of fused-ring (bicyclic) bond motifs is 1. The molecule has 4 nitrogen and oxygen atoms in total. The lowest BCUT2D eigenvalue weighted by molar-refractivity contribution is -0.115. The van der Waals surface area contributed by atoms with E-state index in [0.29, 0.717) is 12.0 Å². The van der Waals surface area contributed by atoms with E-state index in [1.807, 2.05) is 13.0 Å². The molecule has 2 amide bonds. The van der Waals surface area contributed by atoms with Crippen molar-refractivity contribution < 1.29 is 9.59 Å². The van der Waals surface area contributed by atoms with Crippen molar-refractivity contribution in [2.75, 3.05) is 17.3 Å². The van der Waals surface area contributed by atoms with Crippen LogP contribution < -0.4 is 10.6 Å². The van der Waals surface area contributed by atoms with Gasteiger partial charge < -0.3 is 10.6 Å². The number of amides is 2. The number of thioether (sulfide) groups is 1. The van der Waals surface area contributed by atoms with E-state index in [-0.39, 0.29) is 17.9 Å². The van der Waals surface area contributed by atoms with Crippen molar-refractivity contribution in [3.8, 4) is 0 Å². The first-order valence-corrected chi connectivity index (χ1v) is 7.72. The Hall–Kier alpha value is -1.49. The number of carbonyl (C=O) groups is 2. The van der Waals surface area contributed by atoms with Crippen molar-refractivity contribution in [2.24, 2.45) is 0 Å². The largest absolute Gasteiger partial charge is 0.350 e. The molecule has 0 saturated heterocycles. The van der Waals surface area contributed by atoms with Gasteiger partial charge in [0, 0.05) is 17.3 Å². The molecule has 0 aliphatic carbocycles. The summed E-state index contributed by atoms with van der Waals surface area (Å²) in [6, 6.07) is 5.52. The Morgan fingerprint density at radius 3 is 3.05 bits per heavy atom. The van der Waals surface area contributed by atoms with Crippen LogP contribution in [0.4, 0.5) is 5.69 Å². The smallest absolute Gasteiger partial charge is 0.251 e. The van der Waals surface area contributed by atoms with Crippen LogP contribution in [0.25, 0.3) is 0 Å². The number of hydrogen-bond donors (Lipinski definition) is 2. The van der Waals surface area contributed by atoms with Crippen LogP contribution in [0.3, 0.4) is 0 Å². The molecule has 0 bridgehead atoms. The maximum Gasteiger partial charge on any atom is 0.251 e. The molecule has 1 aliphatic heterocycles. The molecular formula is C14H18N2O2S. The molecule has 2 N–H and O–H groups in total. The van der Waals surface area contributed by atoms with Crippen LogP contribution >= 0.6 is 11.8 Å². The predicted octanol–water partition coefficient (Wildman–Crippen LogP) is 2.05. The highest BCUT2D eigenvalue weighted by Gasteiger charge is 2.19. The highest BCUT2D eigenvalue weighted by molar-refractivity contribution is 7.98. The first kappa shape index (κ1) is 13.9. The summed E-state index contributed by atoms with van der Waals surface area (Å²) < 4.78 is 0. The lowest BCUT2D eigenvalue weighted by Gasteiger charge is -2.13. The van der Waals surface area contributed by atoms with Gasteiger partial charge in [-0.15, -0.1) is 0 Å². The number of rotatable bonds is 5. The average molecular weight is 278 g/mol. The third kappa shape index (κ3) is 3.50. The van der Waals surface area contributed by atoms with E-state index in [1.54, 1.807) is 23.9 Å². The van der Waals surface area contributed by atoms with Crippen LogP contribution in [0.15, 0.2) is 18.2 Å². The fourth-order valence-corrected chi connectivity index (χ4v) is 2.62. The van der Waals surface area contributed by atoms with E-state index in [1.165, 1.54) is 0 Å². The molecule has 0 radical (unpaired) electrons.